The summed E-state index contributed by atoms with van der Waals surface area (Å²) in [5.41, 5.74) is 2.79. The van der Waals surface area contributed by atoms with Crippen LogP contribution in [-0.2, 0) is 16.1 Å². The van der Waals surface area contributed by atoms with Gasteiger partial charge in [0.15, 0.2) is 0 Å². The number of carbonyl (C=O) groups is 2. The average Bonchev–Trinajstić information content (AvgIpc) is 3.28. The minimum atomic E-state index is -0.901. The Morgan fingerprint density at radius 1 is 1.37 bits per heavy atom. The van der Waals surface area contributed by atoms with Crippen LogP contribution in [0.4, 0.5) is 10.1 Å². The Morgan fingerprint density at radius 3 is 2.80 bits per heavy atom. The first-order chi connectivity index (χ1) is 14.4. The lowest BCUT2D eigenvalue weighted by atomic mass is 10.1. The highest BCUT2D eigenvalue weighted by Crippen LogP contribution is 2.27. The summed E-state index contributed by atoms with van der Waals surface area (Å²) in [4.78, 5) is 26.2. The van der Waals surface area contributed by atoms with Crippen molar-refractivity contribution in [2.45, 2.75) is 19.1 Å². The third kappa shape index (κ3) is 4.76. The van der Waals surface area contributed by atoms with Crippen molar-refractivity contribution in [3.8, 4) is 6.07 Å². The minimum Gasteiger partial charge on any atom is -0.383 e. The lowest BCUT2D eigenvalue weighted by Gasteiger charge is -2.15. The second kappa shape index (κ2) is 9.39. The van der Waals surface area contributed by atoms with Crippen LogP contribution in [0.15, 0.2) is 42.6 Å². The summed E-state index contributed by atoms with van der Waals surface area (Å²) < 4.78 is 12.7. The van der Waals surface area contributed by atoms with Crippen LogP contribution in [0.25, 0.3) is 10.9 Å². The number of benzene rings is 2. The highest BCUT2D eigenvalue weighted by atomic mass is 35.5. The summed E-state index contributed by atoms with van der Waals surface area (Å²) in [6.07, 6.45) is 1.76. The molecule has 1 saturated heterocycles. The summed E-state index contributed by atoms with van der Waals surface area (Å²) in [6, 6.07) is 11.7. The van der Waals surface area contributed by atoms with Gasteiger partial charge in [0.25, 0.3) is 5.91 Å². The standard InChI is InChI=1S/C13H11N3O2.C8H7ClFNO/c14-6-8-7-15-11-2-1-9(5-10(8)11)16-4-3-12(17)13(16)18;9-7-1-6(4-11-5-12)2-8(10)3-7/h1-2,5,7,12,15,17H,3-4H2;1-3,5H,4H2,(H,11,12). The summed E-state index contributed by atoms with van der Waals surface area (Å²) >= 11 is 5.57. The maximum absolute atomic E-state index is 12.7. The zero-order valence-corrected chi connectivity index (χ0v) is 16.5. The molecule has 3 N–H and O–H groups in total. The zero-order valence-electron chi connectivity index (χ0n) is 15.7. The molecule has 1 atom stereocenters. The molecular weight excluding hydrogens is 411 g/mol. The van der Waals surface area contributed by atoms with Crippen LogP contribution in [0.1, 0.15) is 17.5 Å². The first kappa shape index (κ1) is 21.3. The molecule has 4 rings (SSSR count). The summed E-state index contributed by atoms with van der Waals surface area (Å²) in [5.74, 6) is -0.673. The monoisotopic (exact) mass is 428 g/mol. The van der Waals surface area contributed by atoms with Gasteiger partial charge < -0.3 is 20.3 Å². The number of aliphatic hydroxyl groups excluding tert-OH is 1. The van der Waals surface area contributed by atoms with Crippen molar-refractivity contribution in [3.05, 3.63) is 64.6 Å². The van der Waals surface area contributed by atoms with E-state index in [9.17, 15) is 19.1 Å². The lowest BCUT2D eigenvalue weighted by Crippen LogP contribution is -2.28. The van der Waals surface area contributed by atoms with Gasteiger partial charge >= 0.3 is 0 Å². The Labute approximate surface area is 176 Å². The van der Waals surface area contributed by atoms with Gasteiger partial charge in [-0.05, 0) is 42.0 Å². The molecule has 1 aromatic heterocycles. The van der Waals surface area contributed by atoms with Gasteiger partial charge in [0.1, 0.15) is 18.0 Å². The second-order valence-electron chi connectivity index (χ2n) is 6.61. The number of nitriles is 1. The van der Waals surface area contributed by atoms with Crippen LogP contribution in [0.2, 0.25) is 5.02 Å². The Morgan fingerprint density at radius 2 is 2.17 bits per heavy atom. The number of H-pyrrole nitrogens is 1. The van der Waals surface area contributed by atoms with Gasteiger partial charge in [-0.15, -0.1) is 0 Å². The normalized spacial score (nSPS) is 15.5. The number of carbonyl (C=O) groups excluding carboxylic acids is 2. The molecule has 0 radical (unpaired) electrons. The number of fused-ring (bicyclic) bond motifs is 1. The molecule has 7 nitrogen and oxygen atoms in total. The maximum Gasteiger partial charge on any atom is 0.255 e. The SMILES string of the molecule is N#Cc1c[nH]c2ccc(N3CCC(O)C3=O)cc12.O=CNCc1cc(F)cc(Cl)c1. The van der Waals surface area contributed by atoms with Crippen LogP contribution in [0.5, 0.6) is 0 Å². The van der Waals surface area contributed by atoms with Crippen molar-refractivity contribution in [2.75, 3.05) is 11.4 Å². The van der Waals surface area contributed by atoms with Crippen molar-refractivity contribution < 1.29 is 19.1 Å². The quantitative estimate of drug-likeness (QED) is 0.555. The van der Waals surface area contributed by atoms with Gasteiger partial charge in [-0.1, -0.05) is 11.6 Å². The van der Waals surface area contributed by atoms with Crippen molar-refractivity contribution in [1.29, 1.82) is 5.26 Å². The predicted molar refractivity (Wildman–Crippen MR) is 110 cm³/mol. The Balaban J connectivity index is 0.000000187. The number of hydrogen-bond donors (Lipinski definition) is 3. The molecule has 2 heterocycles. The minimum absolute atomic E-state index is 0.275. The number of aromatic amines is 1. The van der Waals surface area contributed by atoms with E-state index < -0.39 is 11.9 Å². The topological polar surface area (TPSA) is 109 Å². The number of nitrogens with one attached hydrogen (secondary N) is 2. The molecule has 1 aliphatic rings. The predicted octanol–water partition coefficient (Wildman–Crippen LogP) is 2.86. The zero-order chi connectivity index (χ0) is 21.7. The Kier molecular flexibility index (Phi) is 6.67. The third-order valence-electron chi connectivity index (χ3n) is 4.59. The smallest absolute Gasteiger partial charge is 0.255 e. The molecular formula is C21H18ClFN4O3. The molecule has 9 heteroatoms. The number of aliphatic hydroxyl groups is 1. The van der Waals surface area contributed by atoms with Crippen molar-refractivity contribution in [1.82, 2.24) is 10.3 Å². The molecule has 0 bridgehead atoms. The lowest BCUT2D eigenvalue weighted by molar-refractivity contribution is -0.124. The molecule has 1 aliphatic heterocycles. The van der Waals surface area contributed by atoms with E-state index in [0.29, 0.717) is 42.1 Å². The van der Waals surface area contributed by atoms with Crippen LogP contribution < -0.4 is 10.2 Å². The van der Waals surface area contributed by atoms with Crippen LogP contribution in [-0.4, -0.2) is 35.1 Å². The van der Waals surface area contributed by atoms with Gasteiger partial charge in [0, 0.05) is 47.3 Å². The van der Waals surface area contributed by atoms with Crippen LogP contribution >= 0.6 is 11.6 Å². The molecule has 1 fully saturated rings. The second-order valence-corrected chi connectivity index (χ2v) is 7.05. The van der Waals surface area contributed by atoms with E-state index >= 15 is 0 Å². The fraction of sp³-hybridized carbons (Fsp3) is 0.190. The largest absolute Gasteiger partial charge is 0.383 e. The fourth-order valence-corrected chi connectivity index (χ4v) is 3.41. The van der Waals surface area contributed by atoms with E-state index in [2.05, 4.69) is 16.4 Å². The summed E-state index contributed by atoms with van der Waals surface area (Å²) in [6.45, 7) is 0.804. The van der Waals surface area contributed by atoms with Crippen molar-refractivity contribution >= 4 is 40.5 Å². The maximum atomic E-state index is 12.7. The number of amides is 2. The van der Waals surface area contributed by atoms with E-state index in [-0.39, 0.29) is 5.91 Å². The van der Waals surface area contributed by atoms with E-state index in [1.54, 1.807) is 23.2 Å². The Bertz CT molecular complexity index is 1100. The fourth-order valence-electron chi connectivity index (χ4n) is 3.16. The van der Waals surface area contributed by atoms with E-state index in [4.69, 9.17) is 16.9 Å². The number of nitrogens with zero attached hydrogens (tertiary/aromatic N) is 2. The molecule has 154 valence electrons. The highest BCUT2D eigenvalue weighted by Gasteiger charge is 2.30. The van der Waals surface area contributed by atoms with Gasteiger partial charge in [-0.3, -0.25) is 9.59 Å². The highest BCUT2D eigenvalue weighted by molar-refractivity contribution is 6.30. The van der Waals surface area contributed by atoms with Crippen LogP contribution in [0.3, 0.4) is 0 Å². The number of halogens is 2. The van der Waals surface area contributed by atoms with Crippen molar-refractivity contribution in [3.63, 3.8) is 0 Å². The number of rotatable bonds is 4. The molecule has 30 heavy (non-hydrogen) atoms. The third-order valence-corrected chi connectivity index (χ3v) is 4.80. The number of anilines is 1. The van der Waals surface area contributed by atoms with E-state index in [1.165, 1.54) is 12.1 Å². The van der Waals surface area contributed by atoms with E-state index in [0.717, 1.165) is 16.6 Å². The van der Waals surface area contributed by atoms with Crippen molar-refractivity contribution in [2.24, 2.45) is 0 Å². The number of aromatic nitrogens is 1. The van der Waals surface area contributed by atoms with Crippen LogP contribution in [0, 0.1) is 17.1 Å². The number of hydrogen-bond acceptors (Lipinski definition) is 4. The summed E-state index contributed by atoms with van der Waals surface area (Å²) in [7, 11) is 0. The van der Waals surface area contributed by atoms with Gasteiger partial charge in [-0.2, -0.15) is 5.26 Å². The molecule has 0 spiro atoms. The van der Waals surface area contributed by atoms with Gasteiger partial charge in [0.2, 0.25) is 6.41 Å². The Hall–Kier alpha value is -3.41. The first-order valence-electron chi connectivity index (χ1n) is 9.05. The molecule has 0 aliphatic carbocycles. The molecule has 3 aromatic rings. The van der Waals surface area contributed by atoms with E-state index in [1.807, 2.05) is 12.1 Å². The van der Waals surface area contributed by atoms with Gasteiger partial charge in [-0.25, -0.2) is 4.39 Å². The van der Waals surface area contributed by atoms with Gasteiger partial charge in [0.05, 0.1) is 5.56 Å². The molecule has 1 unspecified atom stereocenters. The molecule has 0 saturated carbocycles. The molecule has 2 aromatic carbocycles. The molecule has 2 amide bonds. The average molecular weight is 429 g/mol. The summed E-state index contributed by atoms with van der Waals surface area (Å²) in [5, 5.41) is 22.0. The first-order valence-corrected chi connectivity index (χ1v) is 9.43.